The van der Waals surface area contributed by atoms with Gasteiger partial charge in [-0.15, -0.1) is 0 Å². The van der Waals surface area contributed by atoms with E-state index in [-0.39, 0.29) is 94.0 Å². The summed E-state index contributed by atoms with van der Waals surface area (Å²) in [6, 6.07) is -1.05. The molecule has 6 aliphatic rings. The maximum Gasteiger partial charge on any atom is 0.268 e. The van der Waals surface area contributed by atoms with E-state index in [2.05, 4.69) is 5.32 Å². The van der Waals surface area contributed by atoms with Crippen molar-refractivity contribution in [2.75, 3.05) is 13.2 Å². The molecule has 6 rings (SSSR count). The van der Waals surface area contributed by atoms with Crippen LogP contribution >= 0.6 is 7.82 Å². The van der Waals surface area contributed by atoms with Crippen molar-refractivity contribution in [2.45, 2.75) is 175 Å². The van der Waals surface area contributed by atoms with E-state index in [0.29, 0.717) is 45.4 Å². The van der Waals surface area contributed by atoms with Crippen LogP contribution in [-0.4, -0.2) is 129 Å². The Kier molecular flexibility index (Phi) is 20.5. The zero-order chi connectivity index (χ0) is 60.0. The number of ether oxygens (including phenoxy) is 1. The van der Waals surface area contributed by atoms with Crippen molar-refractivity contribution in [3.8, 4) is 0 Å². The Balaban J connectivity index is 0.0000120. The van der Waals surface area contributed by atoms with Crippen molar-refractivity contribution in [3.63, 3.8) is 0 Å². The number of phosphoric ester groups is 1. The van der Waals surface area contributed by atoms with Gasteiger partial charge >= 0.3 is 0 Å². The molecule has 6 aliphatic heterocycles. The summed E-state index contributed by atoms with van der Waals surface area (Å²) in [7, 11) is -5.27. The number of amides is 7. The Hall–Kier alpha value is -5.22. The summed E-state index contributed by atoms with van der Waals surface area (Å²) < 4.78 is 28.0. The van der Waals surface area contributed by atoms with Crippen LogP contribution in [0.4, 0.5) is 0 Å². The van der Waals surface area contributed by atoms with Crippen molar-refractivity contribution in [1.82, 2.24) is 5.32 Å². The molecule has 1 radical (unpaired) electrons. The molecular weight excluding hydrogens is 1120 g/mol. The molecule has 15 atom stereocenters. The number of carbonyl (C=O) groups excluding carboxylic acids is 7. The first-order chi connectivity index (χ1) is 37.0. The molecule has 7 amide bonds. The Morgan fingerprint density at radius 1 is 0.790 bits per heavy atom. The molecular formula is C53H80CoN11O15P-2. The molecule has 0 aliphatic carbocycles. The quantitative estimate of drug-likeness (QED) is 0.0556. The van der Waals surface area contributed by atoms with Gasteiger partial charge in [-0.05, 0) is 81.9 Å². The zero-order valence-electron chi connectivity index (χ0n) is 47.3. The molecule has 2 saturated heterocycles. The van der Waals surface area contributed by atoms with Crippen molar-refractivity contribution < 1.29 is 88.9 Å². The van der Waals surface area contributed by atoms with Crippen molar-refractivity contribution >= 4 is 66.3 Å². The molecule has 26 nitrogen and oxygen atoms in total. The first kappa shape index (κ1) is 66.6. The Labute approximate surface area is 481 Å². The van der Waals surface area contributed by atoms with E-state index in [9.17, 15) is 58.3 Å². The number of hydrogen-bond acceptors (Lipinski definition) is 18. The van der Waals surface area contributed by atoms with E-state index in [0.717, 1.165) is 0 Å². The summed E-state index contributed by atoms with van der Waals surface area (Å²) in [5.41, 5.74) is 33.3. The summed E-state index contributed by atoms with van der Waals surface area (Å²) in [5.74, 6) is -7.43. The van der Waals surface area contributed by atoms with Crippen LogP contribution in [0.15, 0.2) is 49.3 Å². The molecule has 16 N–H and O–H groups in total. The number of primary amides is 6. The minimum Gasteiger partial charge on any atom is -0.756 e. The standard InChI is InChI=1S/C53H82N11O15P.Co/c1-24(78-80(75,76)79-44-32(23-65)77-48(74)43(44)73)22-60-40(72)16-17-50(6)30(18-37(57)69)47-53(9)52(8,21-39(59)71)29(12-15-36(56)68)42(64-53)26(3)46-51(7,20-38(58)70)27(10-13-34(54)66)31(61-46)19-33-49(4,5)28(11-14-35(55)67)41(62-33)25(2)45(50)63-47;/h19,24,27-30,32,43-44,47-48,65,73-74H,10-18,20-23H2,1-9H3,(H15,54,55,56,57,58,59,60,61,62,63,64,66,67,68,69,70,71,72,75,76);/p-2/t24-,27-,28-,29-,30+,32-,43-,44-,47-,48+,50-,51+,52+,53+;/m1./s1. The normalized spacial score (nSPS) is 36.5. The van der Waals surface area contributed by atoms with E-state index in [1.807, 2.05) is 40.7 Å². The van der Waals surface area contributed by atoms with Crippen LogP contribution in [0.2, 0.25) is 0 Å². The predicted molar refractivity (Wildman–Crippen MR) is 289 cm³/mol. The van der Waals surface area contributed by atoms with Gasteiger partial charge in [0.2, 0.25) is 41.4 Å². The average Bonchev–Trinajstić information content (AvgIpc) is 4.26. The fourth-order valence-corrected chi connectivity index (χ4v) is 14.7. The Morgan fingerprint density at radius 3 is 1.90 bits per heavy atom. The van der Waals surface area contributed by atoms with Gasteiger partial charge in [0.15, 0.2) is 6.29 Å². The van der Waals surface area contributed by atoms with Crippen molar-refractivity contribution in [2.24, 2.45) is 94.7 Å². The number of nitrogens with zero attached hydrogens (tertiary/aromatic N) is 4. The van der Waals surface area contributed by atoms with Gasteiger partial charge in [-0.25, -0.2) is 0 Å². The van der Waals surface area contributed by atoms with Crippen LogP contribution in [0.1, 0.15) is 133 Å². The SMILES string of the molecule is C/C1=C2/[N-][C@H]([C@H](CC(N)=O)[C@@]2(C)CCC(=O)NC[C@@H](C)OP(=O)([O-])O[C@H]2[C@@H](O)[C@@H](O)O[C@@H]2CO)[C@]2(C)N=C(/C(C)=C3N=C(/C=C4N=C1[C@@H](CCC(N)=O)C\4(C)C)[C@@H](CCC(N)=O)[C@]\3(C)CC(N)=O)[C@@H](CCC(N)=O)[C@]2(C)CC(N)=O.[Co]. The van der Waals surface area contributed by atoms with Gasteiger partial charge in [0, 0.05) is 125 Å². The molecule has 1 unspecified atom stereocenters. The van der Waals surface area contributed by atoms with Crippen molar-refractivity contribution in [3.05, 3.63) is 39.6 Å². The number of fused-ring (bicyclic) bond motifs is 6. The number of aliphatic hydroxyl groups excluding tert-OH is 3. The van der Waals surface area contributed by atoms with Gasteiger partial charge in [-0.2, -0.15) is 5.70 Å². The second-order valence-electron chi connectivity index (χ2n) is 23.9. The molecule has 6 heterocycles. The molecule has 0 aromatic heterocycles. The number of nitrogens with two attached hydrogens (primary N) is 6. The maximum absolute atomic E-state index is 14.1. The molecule has 8 bridgehead atoms. The second kappa shape index (κ2) is 24.9. The van der Waals surface area contributed by atoms with E-state index in [4.69, 9.17) is 68.5 Å². The number of nitrogens with one attached hydrogen (secondary N) is 1. The molecule has 453 valence electrons. The number of carbonyl (C=O) groups is 7. The van der Waals surface area contributed by atoms with Gasteiger partial charge < -0.3 is 79.0 Å². The average molecular weight is 1200 g/mol. The minimum atomic E-state index is -5.27. The topological polar surface area (TPSA) is 467 Å². The molecule has 0 aromatic carbocycles. The number of aliphatic hydroxyl groups is 3. The summed E-state index contributed by atoms with van der Waals surface area (Å²) >= 11 is 0. The third kappa shape index (κ3) is 13.3. The number of hydrogen-bond donors (Lipinski definition) is 10. The number of allylic oxidation sites excluding steroid dienone is 6. The first-order valence-corrected chi connectivity index (χ1v) is 28.3. The summed E-state index contributed by atoms with van der Waals surface area (Å²) in [6.07, 6.45) is -7.30. The minimum absolute atomic E-state index is 0. The first-order valence-electron chi connectivity index (χ1n) is 26.9. The molecule has 28 heteroatoms. The van der Waals surface area contributed by atoms with Crippen molar-refractivity contribution in [1.29, 1.82) is 0 Å². The smallest absolute Gasteiger partial charge is 0.268 e. The molecule has 0 saturated carbocycles. The molecule has 81 heavy (non-hydrogen) atoms. The van der Waals surface area contributed by atoms with Crippen LogP contribution in [0.25, 0.3) is 5.32 Å². The molecule has 0 aromatic rings. The van der Waals surface area contributed by atoms with E-state index >= 15 is 0 Å². The summed E-state index contributed by atoms with van der Waals surface area (Å²) in [5, 5.41) is 37.9. The second-order valence-corrected chi connectivity index (χ2v) is 25.2. The van der Waals surface area contributed by atoms with Gasteiger partial charge in [0.05, 0.1) is 23.9 Å². The summed E-state index contributed by atoms with van der Waals surface area (Å²) in [6.45, 7) is 14.9. The zero-order valence-corrected chi connectivity index (χ0v) is 49.3. The monoisotopic (exact) mass is 1200 g/mol. The van der Waals surface area contributed by atoms with Crippen LogP contribution in [0, 0.1) is 45.3 Å². The van der Waals surface area contributed by atoms with Gasteiger partial charge in [-0.1, -0.05) is 40.7 Å². The number of rotatable bonds is 25. The van der Waals surface area contributed by atoms with E-state index < -0.39 is 143 Å². The van der Waals surface area contributed by atoms with Gasteiger partial charge in [0.25, 0.3) is 7.82 Å². The maximum atomic E-state index is 14.1. The number of phosphoric acid groups is 1. The van der Waals surface area contributed by atoms with Crippen LogP contribution in [-0.2, 0) is 68.7 Å². The van der Waals surface area contributed by atoms with Crippen LogP contribution < -0.4 is 44.6 Å². The van der Waals surface area contributed by atoms with Crippen LogP contribution in [0.3, 0.4) is 0 Å². The third-order valence-electron chi connectivity index (χ3n) is 18.0. The molecule has 2 fully saturated rings. The van der Waals surface area contributed by atoms with Crippen LogP contribution in [0.5, 0.6) is 0 Å². The van der Waals surface area contributed by atoms with Gasteiger partial charge in [-0.3, -0.25) is 53.1 Å². The predicted octanol–water partition coefficient (Wildman–Crippen LogP) is 0.466. The Bertz CT molecular complexity index is 2800. The fraction of sp³-hybridized carbons (Fsp3) is 0.698. The van der Waals surface area contributed by atoms with Gasteiger partial charge in [0.1, 0.15) is 18.3 Å². The van der Waals surface area contributed by atoms with E-state index in [1.54, 1.807) is 20.8 Å². The van der Waals surface area contributed by atoms with E-state index in [1.165, 1.54) is 6.92 Å². The third-order valence-corrected chi connectivity index (χ3v) is 19.1. The summed E-state index contributed by atoms with van der Waals surface area (Å²) in [4.78, 5) is 122. The number of aliphatic imine (C=N–C) groups is 3. The Morgan fingerprint density at radius 2 is 1.36 bits per heavy atom. The fourth-order valence-electron chi connectivity index (χ4n) is 13.6. The molecule has 0 spiro atoms. The largest absolute Gasteiger partial charge is 0.756 e.